The lowest BCUT2D eigenvalue weighted by molar-refractivity contribution is 0.959. The number of fused-ring (bicyclic) bond motifs is 1. The molecule has 0 amide bonds. The number of rotatable bonds is 1. The molecule has 0 aliphatic rings. The Morgan fingerprint density at radius 3 is 2.50 bits per heavy atom. The van der Waals surface area contributed by atoms with E-state index < -0.39 is 0 Å². The number of aryl methyl sites for hydroxylation is 2. The van der Waals surface area contributed by atoms with E-state index in [1.165, 1.54) is 5.56 Å². The summed E-state index contributed by atoms with van der Waals surface area (Å²) in [5.74, 6) is 1.00. The summed E-state index contributed by atoms with van der Waals surface area (Å²) in [4.78, 5) is 4.70. The molecule has 18 heavy (non-hydrogen) atoms. The van der Waals surface area contributed by atoms with E-state index in [0.717, 1.165) is 26.9 Å². The van der Waals surface area contributed by atoms with Crippen molar-refractivity contribution in [2.45, 2.75) is 6.92 Å². The highest BCUT2D eigenvalue weighted by Gasteiger charge is 2.09. The average Bonchev–Trinajstić information content (AvgIpc) is 2.68. The fourth-order valence-electron chi connectivity index (χ4n) is 2.12. The molecule has 3 rings (SSSR count). The quantitative estimate of drug-likeness (QED) is 0.655. The number of hydrogen-bond acceptors (Lipinski definition) is 1. The second-order valence-electron chi connectivity index (χ2n) is 4.49. The van der Waals surface area contributed by atoms with Crippen molar-refractivity contribution in [3.05, 3.63) is 52.5 Å². The molecule has 3 heteroatoms. The zero-order valence-corrected chi connectivity index (χ0v) is 11.9. The van der Waals surface area contributed by atoms with Gasteiger partial charge in [0.05, 0.1) is 11.0 Å². The van der Waals surface area contributed by atoms with Crippen LogP contribution >= 0.6 is 15.9 Å². The van der Waals surface area contributed by atoms with Gasteiger partial charge in [-0.2, -0.15) is 0 Å². The largest absolute Gasteiger partial charge is 0.327 e. The highest BCUT2D eigenvalue weighted by Crippen LogP contribution is 2.25. The molecule has 0 spiro atoms. The minimum absolute atomic E-state index is 1.00. The third kappa shape index (κ3) is 1.85. The Kier molecular flexibility index (Phi) is 2.71. The number of aromatic nitrogens is 2. The van der Waals surface area contributed by atoms with Crippen LogP contribution in [0.15, 0.2) is 46.9 Å². The monoisotopic (exact) mass is 300 g/mol. The molecule has 90 valence electrons. The minimum Gasteiger partial charge on any atom is -0.327 e. The first kappa shape index (κ1) is 11.5. The van der Waals surface area contributed by atoms with E-state index >= 15 is 0 Å². The fraction of sp³-hybridized carbons (Fsp3) is 0.133. The highest BCUT2D eigenvalue weighted by atomic mass is 79.9. The summed E-state index contributed by atoms with van der Waals surface area (Å²) in [7, 11) is 2.05. The molecule has 1 heterocycles. The molecular formula is C15H13BrN2. The summed E-state index contributed by atoms with van der Waals surface area (Å²) >= 11 is 3.50. The summed E-state index contributed by atoms with van der Waals surface area (Å²) in [5.41, 5.74) is 4.58. The Morgan fingerprint density at radius 1 is 1.06 bits per heavy atom. The van der Waals surface area contributed by atoms with Gasteiger partial charge in [-0.3, -0.25) is 0 Å². The van der Waals surface area contributed by atoms with E-state index in [2.05, 4.69) is 64.8 Å². The summed E-state index contributed by atoms with van der Waals surface area (Å²) < 4.78 is 3.21. The molecular weight excluding hydrogens is 288 g/mol. The second-order valence-corrected chi connectivity index (χ2v) is 5.41. The summed E-state index contributed by atoms with van der Waals surface area (Å²) in [5, 5.41) is 0. The third-order valence-corrected chi connectivity index (χ3v) is 3.65. The van der Waals surface area contributed by atoms with Crippen molar-refractivity contribution < 1.29 is 0 Å². The normalized spacial score (nSPS) is 11.1. The number of hydrogen-bond donors (Lipinski definition) is 0. The molecule has 0 unspecified atom stereocenters. The molecule has 0 saturated heterocycles. The topological polar surface area (TPSA) is 17.8 Å². The molecule has 0 aliphatic heterocycles. The van der Waals surface area contributed by atoms with Crippen molar-refractivity contribution in [1.82, 2.24) is 9.55 Å². The SMILES string of the molecule is Cc1ccc(-c2nc3ccc(Br)cc3n2C)cc1. The van der Waals surface area contributed by atoms with Crippen molar-refractivity contribution in [3.63, 3.8) is 0 Å². The van der Waals surface area contributed by atoms with E-state index in [4.69, 9.17) is 4.98 Å². The van der Waals surface area contributed by atoms with Crippen LogP contribution in [0.4, 0.5) is 0 Å². The summed E-state index contributed by atoms with van der Waals surface area (Å²) in [6.45, 7) is 2.09. The molecule has 0 N–H and O–H groups in total. The molecule has 0 fully saturated rings. The van der Waals surface area contributed by atoms with Crippen LogP contribution in [-0.4, -0.2) is 9.55 Å². The number of nitrogens with zero attached hydrogens (tertiary/aromatic N) is 2. The lowest BCUT2D eigenvalue weighted by atomic mass is 10.1. The molecule has 3 aromatic rings. The maximum Gasteiger partial charge on any atom is 0.140 e. The van der Waals surface area contributed by atoms with Crippen LogP contribution in [0.1, 0.15) is 5.56 Å². The maximum absolute atomic E-state index is 4.70. The Labute approximate surface area is 114 Å². The Balaban J connectivity index is 2.23. The van der Waals surface area contributed by atoms with Crippen LogP contribution in [0.25, 0.3) is 22.4 Å². The third-order valence-electron chi connectivity index (χ3n) is 3.15. The Hall–Kier alpha value is -1.61. The predicted octanol–water partition coefficient (Wildman–Crippen LogP) is 4.31. The molecule has 0 saturated carbocycles. The van der Waals surface area contributed by atoms with Gasteiger partial charge in [-0.15, -0.1) is 0 Å². The van der Waals surface area contributed by atoms with Gasteiger partial charge in [0.1, 0.15) is 5.82 Å². The van der Waals surface area contributed by atoms with Crippen LogP contribution in [0.3, 0.4) is 0 Å². The van der Waals surface area contributed by atoms with Crippen molar-refractivity contribution >= 4 is 27.0 Å². The highest BCUT2D eigenvalue weighted by molar-refractivity contribution is 9.10. The van der Waals surface area contributed by atoms with Crippen LogP contribution in [0.5, 0.6) is 0 Å². The van der Waals surface area contributed by atoms with Gasteiger partial charge in [0.25, 0.3) is 0 Å². The van der Waals surface area contributed by atoms with Crippen LogP contribution in [-0.2, 0) is 7.05 Å². The smallest absolute Gasteiger partial charge is 0.140 e. The van der Waals surface area contributed by atoms with Crippen LogP contribution < -0.4 is 0 Å². The van der Waals surface area contributed by atoms with Crippen LogP contribution in [0, 0.1) is 6.92 Å². The zero-order chi connectivity index (χ0) is 12.7. The average molecular weight is 301 g/mol. The van der Waals surface area contributed by atoms with Gasteiger partial charge < -0.3 is 4.57 Å². The Bertz CT molecular complexity index is 711. The van der Waals surface area contributed by atoms with Gasteiger partial charge >= 0.3 is 0 Å². The zero-order valence-electron chi connectivity index (χ0n) is 10.3. The molecule has 0 aliphatic carbocycles. The lowest BCUT2D eigenvalue weighted by Gasteiger charge is -2.02. The molecule has 2 aromatic carbocycles. The lowest BCUT2D eigenvalue weighted by Crippen LogP contribution is -1.92. The molecule has 0 atom stereocenters. The van der Waals surface area contributed by atoms with Gasteiger partial charge in [-0.05, 0) is 25.1 Å². The van der Waals surface area contributed by atoms with Gasteiger partial charge in [0.2, 0.25) is 0 Å². The summed E-state index contributed by atoms with van der Waals surface area (Å²) in [6.07, 6.45) is 0. The molecule has 0 radical (unpaired) electrons. The number of benzene rings is 2. The van der Waals surface area contributed by atoms with Gasteiger partial charge in [0, 0.05) is 17.1 Å². The van der Waals surface area contributed by atoms with Crippen molar-refractivity contribution in [2.75, 3.05) is 0 Å². The van der Waals surface area contributed by atoms with E-state index in [1.807, 2.05) is 12.1 Å². The first-order valence-electron chi connectivity index (χ1n) is 5.84. The Morgan fingerprint density at radius 2 is 1.78 bits per heavy atom. The maximum atomic E-state index is 4.70. The van der Waals surface area contributed by atoms with E-state index in [-0.39, 0.29) is 0 Å². The van der Waals surface area contributed by atoms with Gasteiger partial charge in [-0.1, -0.05) is 45.8 Å². The molecule has 1 aromatic heterocycles. The predicted molar refractivity (Wildman–Crippen MR) is 78.6 cm³/mol. The number of halogens is 1. The number of imidazole rings is 1. The van der Waals surface area contributed by atoms with Crippen molar-refractivity contribution in [1.29, 1.82) is 0 Å². The molecule has 2 nitrogen and oxygen atoms in total. The van der Waals surface area contributed by atoms with Gasteiger partial charge in [0.15, 0.2) is 0 Å². The minimum atomic E-state index is 1.00. The standard InChI is InChI=1S/C15H13BrN2/c1-10-3-5-11(6-4-10)15-17-13-8-7-12(16)9-14(13)18(15)2/h3-9H,1-2H3. The van der Waals surface area contributed by atoms with Crippen LogP contribution in [0.2, 0.25) is 0 Å². The second kappa shape index (κ2) is 4.25. The molecule has 0 bridgehead atoms. The van der Waals surface area contributed by atoms with Crippen molar-refractivity contribution in [2.24, 2.45) is 7.05 Å². The summed E-state index contributed by atoms with van der Waals surface area (Å²) in [6, 6.07) is 14.6. The van der Waals surface area contributed by atoms with E-state index in [9.17, 15) is 0 Å². The van der Waals surface area contributed by atoms with E-state index in [0.29, 0.717) is 0 Å². The van der Waals surface area contributed by atoms with Gasteiger partial charge in [-0.25, -0.2) is 4.98 Å². The van der Waals surface area contributed by atoms with E-state index in [1.54, 1.807) is 0 Å². The first-order valence-corrected chi connectivity index (χ1v) is 6.63. The fourth-order valence-corrected chi connectivity index (χ4v) is 2.47. The first-order chi connectivity index (χ1) is 8.65. The van der Waals surface area contributed by atoms with Crippen molar-refractivity contribution in [3.8, 4) is 11.4 Å².